The van der Waals surface area contributed by atoms with E-state index in [2.05, 4.69) is 207 Å². The van der Waals surface area contributed by atoms with E-state index < -0.39 is 0 Å². The van der Waals surface area contributed by atoms with Gasteiger partial charge in [0.15, 0.2) is 0 Å². The summed E-state index contributed by atoms with van der Waals surface area (Å²) in [6, 6.07) is 70.3. The molecule has 9 aromatic rings. The summed E-state index contributed by atoms with van der Waals surface area (Å²) >= 11 is 0. The van der Waals surface area contributed by atoms with Crippen molar-refractivity contribution in [3.05, 3.63) is 210 Å². The number of anilines is 3. The van der Waals surface area contributed by atoms with Crippen molar-refractivity contribution in [2.45, 2.75) is 44.9 Å². The number of hydrogen-bond donors (Lipinski definition) is 0. The van der Waals surface area contributed by atoms with Gasteiger partial charge in [0, 0.05) is 22.4 Å². The fraction of sp³-hybridized carbons (Fsp3) is 0.123. The molecule has 0 amide bonds. The lowest BCUT2D eigenvalue weighted by Gasteiger charge is -2.31. The molecule has 0 radical (unpaired) electrons. The van der Waals surface area contributed by atoms with E-state index in [0.29, 0.717) is 0 Å². The molecule has 1 heteroatoms. The highest BCUT2D eigenvalue weighted by Crippen LogP contribution is 2.54. The summed E-state index contributed by atoms with van der Waals surface area (Å²) in [5.74, 6) is 0. The highest BCUT2D eigenvalue weighted by Gasteiger charge is 2.37. The molecule has 0 saturated carbocycles. The first kappa shape index (κ1) is 34.5. The molecule has 11 rings (SSSR count). The number of fused-ring (bicyclic) bond motifs is 7. The summed E-state index contributed by atoms with van der Waals surface area (Å²) in [4.78, 5) is 2.52. The maximum atomic E-state index is 2.53. The predicted octanol–water partition coefficient (Wildman–Crippen LogP) is 15.6. The van der Waals surface area contributed by atoms with Gasteiger partial charge in [-0.25, -0.2) is 0 Å². The summed E-state index contributed by atoms with van der Waals surface area (Å²) in [7, 11) is 0. The lowest BCUT2D eigenvalue weighted by Crippen LogP contribution is -2.17. The maximum absolute atomic E-state index is 2.53. The van der Waals surface area contributed by atoms with Crippen LogP contribution in [0.4, 0.5) is 17.1 Å². The fourth-order valence-corrected chi connectivity index (χ4v) is 10.1. The van der Waals surface area contributed by atoms with Crippen LogP contribution in [-0.4, -0.2) is 0 Å². The highest BCUT2D eigenvalue weighted by molar-refractivity contribution is 6.13. The monoisotopic (exact) mass is 743 g/mol. The van der Waals surface area contributed by atoms with Gasteiger partial charge in [-0.1, -0.05) is 159 Å². The number of hydrogen-bond acceptors (Lipinski definition) is 1. The molecule has 0 bridgehead atoms. The van der Waals surface area contributed by atoms with Gasteiger partial charge in [0.1, 0.15) is 0 Å². The van der Waals surface area contributed by atoms with Crippen molar-refractivity contribution in [2.75, 3.05) is 4.90 Å². The minimum absolute atomic E-state index is 0.140. The largest absolute Gasteiger partial charge is 0.310 e. The highest BCUT2D eigenvalue weighted by atomic mass is 15.1. The minimum atomic E-state index is -0.140. The molecule has 2 aliphatic rings. The predicted molar refractivity (Wildman–Crippen MR) is 247 cm³/mol. The molecule has 0 heterocycles. The average molecular weight is 744 g/mol. The molecular formula is C57H45N. The first-order valence-electron chi connectivity index (χ1n) is 20.9. The van der Waals surface area contributed by atoms with E-state index in [0.717, 1.165) is 24.2 Å². The molecule has 0 aliphatic heterocycles. The smallest absolute Gasteiger partial charge is 0.0543 e. The fourth-order valence-electron chi connectivity index (χ4n) is 10.1. The van der Waals surface area contributed by atoms with Gasteiger partial charge in [-0.3, -0.25) is 0 Å². The van der Waals surface area contributed by atoms with E-state index >= 15 is 0 Å². The second kappa shape index (κ2) is 13.7. The van der Waals surface area contributed by atoms with Gasteiger partial charge in [0.05, 0.1) is 5.69 Å². The lowest BCUT2D eigenvalue weighted by molar-refractivity contribution is 0.660. The third-order valence-corrected chi connectivity index (χ3v) is 13.1. The van der Waals surface area contributed by atoms with Crippen molar-refractivity contribution >= 4 is 38.6 Å². The Kier molecular flexibility index (Phi) is 8.19. The summed E-state index contributed by atoms with van der Waals surface area (Å²) in [6.07, 6.45) is 4.75. The molecule has 58 heavy (non-hydrogen) atoms. The van der Waals surface area contributed by atoms with Crippen LogP contribution in [0.1, 0.15) is 48.9 Å². The number of rotatable bonds is 6. The van der Waals surface area contributed by atoms with Crippen LogP contribution in [0, 0.1) is 0 Å². The van der Waals surface area contributed by atoms with Crippen molar-refractivity contribution in [3.8, 4) is 44.5 Å². The van der Waals surface area contributed by atoms with Gasteiger partial charge in [-0.05, 0) is 151 Å². The van der Waals surface area contributed by atoms with Crippen molar-refractivity contribution in [2.24, 2.45) is 0 Å². The van der Waals surface area contributed by atoms with Crippen molar-refractivity contribution in [1.82, 2.24) is 0 Å². The van der Waals surface area contributed by atoms with Gasteiger partial charge in [0.2, 0.25) is 0 Å². The molecule has 0 aromatic heterocycles. The second-order valence-corrected chi connectivity index (χ2v) is 16.7. The zero-order valence-corrected chi connectivity index (χ0v) is 33.2. The van der Waals surface area contributed by atoms with Crippen LogP contribution in [0.3, 0.4) is 0 Å². The van der Waals surface area contributed by atoms with Crippen LogP contribution in [0.15, 0.2) is 188 Å². The van der Waals surface area contributed by atoms with Crippen LogP contribution in [-0.2, 0) is 18.3 Å². The summed E-state index contributed by atoms with van der Waals surface area (Å²) in [5, 5.41) is 5.12. The Morgan fingerprint density at radius 2 is 1.02 bits per heavy atom. The molecular weight excluding hydrogens is 699 g/mol. The molecule has 0 saturated heterocycles. The van der Waals surface area contributed by atoms with E-state index in [4.69, 9.17) is 0 Å². The van der Waals surface area contributed by atoms with E-state index in [1.54, 1.807) is 0 Å². The molecule has 0 fully saturated rings. The van der Waals surface area contributed by atoms with Crippen LogP contribution in [0.5, 0.6) is 0 Å². The normalized spacial score (nSPS) is 13.9. The van der Waals surface area contributed by atoms with Crippen LogP contribution >= 0.6 is 0 Å². The molecule has 0 atom stereocenters. The van der Waals surface area contributed by atoms with Gasteiger partial charge < -0.3 is 4.90 Å². The van der Waals surface area contributed by atoms with E-state index in [-0.39, 0.29) is 5.41 Å². The quantitative estimate of drug-likeness (QED) is 0.153. The van der Waals surface area contributed by atoms with Crippen LogP contribution in [0.25, 0.3) is 66.1 Å². The van der Waals surface area contributed by atoms with E-state index in [1.165, 1.54) is 107 Å². The average Bonchev–Trinajstić information content (AvgIpc) is 3.51. The molecule has 278 valence electrons. The van der Waals surface area contributed by atoms with Gasteiger partial charge in [0.25, 0.3) is 0 Å². The first-order valence-corrected chi connectivity index (χ1v) is 20.9. The number of aryl methyl sites for hydroxylation is 1. The molecule has 0 spiro atoms. The molecule has 0 N–H and O–H groups in total. The Morgan fingerprint density at radius 1 is 0.397 bits per heavy atom. The third kappa shape index (κ3) is 5.60. The number of nitrogens with zero attached hydrogens (tertiary/aromatic N) is 1. The zero-order chi connectivity index (χ0) is 38.8. The second-order valence-electron chi connectivity index (χ2n) is 16.7. The summed E-state index contributed by atoms with van der Waals surface area (Å²) in [5.41, 5.74) is 19.4. The first-order chi connectivity index (χ1) is 28.5. The van der Waals surface area contributed by atoms with Gasteiger partial charge in [-0.2, -0.15) is 0 Å². The zero-order valence-electron chi connectivity index (χ0n) is 33.2. The topological polar surface area (TPSA) is 3.24 Å². The Labute approximate surface area is 341 Å². The Morgan fingerprint density at radius 3 is 1.81 bits per heavy atom. The summed E-state index contributed by atoms with van der Waals surface area (Å²) in [6.45, 7) is 4.79. The third-order valence-electron chi connectivity index (χ3n) is 13.1. The van der Waals surface area contributed by atoms with Crippen molar-refractivity contribution in [1.29, 1.82) is 0 Å². The van der Waals surface area contributed by atoms with Crippen molar-refractivity contribution in [3.63, 3.8) is 0 Å². The number of benzene rings is 9. The standard InChI is InChI=1S/C57H45N/c1-57(2)54-26-13-12-24-50(54)52-36-53(48-25-14-19-40-17-6-8-20-45(40)48)56(37-55(52)57)58(43-31-27-39(28-32-43)38-15-4-3-5-16-38)44-33-29-41(30-34-44)51-35-42-18-7-9-21-46(42)47-22-10-11-23-49(47)51/h3-5,7,9-16,18-19,21-37H,6,8,17,20H2,1-2H3. The SMILES string of the molecule is CC1(C)c2ccccc2-c2cc(-c3cccc4c3CCCC4)c(N(c3ccc(-c4ccccc4)cc3)c3ccc(-c4cc5ccccc5c5ccccc45)cc3)cc21. The Hall–Kier alpha value is -6.70. The van der Waals surface area contributed by atoms with Crippen molar-refractivity contribution < 1.29 is 0 Å². The van der Waals surface area contributed by atoms with Crippen LogP contribution in [0.2, 0.25) is 0 Å². The van der Waals surface area contributed by atoms with Gasteiger partial charge in [-0.15, -0.1) is 0 Å². The van der Waals surface area contributed by atoms with Gasteiger partial charge >= 0.3 is 0 Å². The molecule has 1 nitrogen and oxygen atoms in total. The minimum Gasteiger partial charge on any atom is -0.310 e. The summed E-state index contributed by atoms with van der Waals surface area (Å²) < 4.78 is 0. The Balaban J connectivity index is 1.14. The Bertz CT molecular complexity index is 3010. The lowest BCUT2D eigenvalue weighted by atomic mass is 9.80. The molecule has 9 aromatic carbocycles. The van der Waals surface area contributed by atoms with E-state index in [9.17, 15) is 0 Å². The molecule has 0 unspecified atom stereocenters. The van der Waals surface area contributed by atoms with Crippen LogP contribution < -0.4 is 4.90 Å². The van der Waals surface area contributed by atoms with E-state index in [1.807, 2.05) is 0 Å². The maximum Gasteiger partial charge on any atom is 0.0543 e. The molecule has 2 aliphatic carbocycles.